The van der Waals surface area contributed by atoms with Crippen LogP contribution in [0.3, 0.4) is 0 Å². The van der Waals surface area contributed by atoms with Gasteiger partial charge in [-0.2, -0.15) is 0 Å². The molecule has 0 radical (unpaired) electrons. The number of carbonyl (C=O) groups is 1. The molecule has 1 fully saturated rings. The van der Waals surface area contributed by atoms with Crippen molar-refractivity contribution in [3.8, 4) is 5.75 Å². The second-order valence-electron chi connectivity index (χ2n) is 8.22. The van der Waals surface area contributed by atoms with Gasteiger partial charge < -0.3 is 19.9 Å². The molecule has 0 atom stereocenters. The summed E-state index contributed by atoms with van der Waals surface area (Å²) in [5, 5.41) is 2.94. The second kappa shape index (κ2) is 10.2. The first-order chi connectivity index (χ1) is 15.2. The SMILES string of the molecule is COc1ccc(C[NH+]2CC[NH+](Cc3ccc(C(=O)Nc4ccccc4)cc3)CC2)cc1. The number of hydrogen-bond donors (Lipinski definition) is 3. The maximum absolute atomic E-state index is 12.4. The van der Waals surface area contributed by atoms with E-state index >= 15 is 0 Å². The molecule has 4 rings (SSSR count). The zero-order valence-electron chi connectivity index (χ0n) is 18.1. The van der Waals surface area contributed by atoms with Crippen LogP contribution in [0.5, 0.6) is 5.75 Å². The number of benzene rings is 3. The van der Waals surface area contributed by atoms with Crippen LogP contribution in [-0.4, -0.2) is 39.2 Å². The predicted octanol–water partition coefficient (Wildman–Crippen LogP) is 1.43. The Hall–Kier alpha value is -3.15. The van der Waals surface area contributed by atoms with E-state index in [-0.39, 0.29) is 5.91 Å². The fourth-order valence-electron chi connectivity index (χ4n) is 4.13. The molecule has 0 unspecified atom stereocenters. The summed E-state index contributed by atoms with van der Waals surface area (Å²) in [5.74, 6) is 0.845. The monoisotopic (exact) mass is 417 g/mol. The van der Waals surface area contributed by atoms with E-state index in [1.807, 2.05) is 54.6 Å². The smallest absolute Gasteiger partial charge is 0.255 e. The molecule has 1 aliphatic heterocycles. The number of piperazine rings is 1. The number of amides is 1. The van der Waals surface area contributed by atoms with Crippen LogP contribution in [0.4, 0.5) is 5.69 Å². The van der Waals surface area contributed by atoms with E-state index in [2.05, 4.69) is 29.6 Å². The first-order valence-electron chi connectivity index (χ1n) is 10.9. The Kier molecular flexibility index (Phi) is 6.97. The van der Waals surface area contributed by atoms with Gasteiger partial charge in [0, 0.05) is 22.4 Å². The van der Waals surface area contributed by atoms with E-state index in [4.69, 9.17) is 4.74 Å². The van der Waals surface area contributed by atoms with Gasteiger partial charge in [0.2, 0.25) is 0 Å². The third-order valence-corrected chi connectivity index (χ3v) is 5.98. The molecule has 0 spiro atoms. The molecule has 3 aromatic carbocycles. The Labute approximate surface area is 184 Å². The van der Waals surface area contributed by atoms with Crippen LogP contribution in [0.25, 0.3) is 0 Å². The average Bonchev–Trinajstić information content (AvgIpc) is 2.82. The lowest BCUT2D eigenvalue weighted by Crippen LogP contribution is -3.27. The van der Waals surface area contributed by atoms with Crippen molar-refractivity contribution in [2.75, 3.05) is 38.6 Å². The number of hydrogen-bond acceptors (Lipinski definition) is 2. The maximum Gasteiger partial charge on any atom is 0.255 e. The highest BCUT2D eigenvalue weighted by Crippen LogP contribution is 2.11. The average molecular weight is 418 g/mol. The topological polar surface area (TPSA) is 47.2 Å². The molecule has 0 saturated carbocycles. The van der Waals surface area contributed by atoms with Crippen molar-refractivity contribution < 1.29 is 19.3 Å². The first-order valence-corrected chi connectivity index (χ1v) is 10.9. The highest BCUT2D eigenvalue weighted by Gasteiger charge is 2.23. The van der Waals surface area contributed by atoms with Crippen molar-refractivity contribution in [3.05, 3.63) is 95.6 Å². The van der Waals surface area contributed by atoms with Gasteiger partial charge in [0.15, 0.2) is 0 Å². The molecule has 5 heteroatoms. The van der Waals surface area contributed by atoms with Gasteiger partial charge in [-0.1, -0.05) is 30.3 Å². The van der Waals surface area contributed by atoms with Crippen LogP contribution < -0.4 is 19.9 Å². The number of nitrogens with one attached hydrogen (secondary N) is 3. The molecule has 1 amide bonds. The molecule has 1 aliphatic rings. The molecule has 160 valence electrons. The number of para-hydroxylation sites is 1. The van der Waals surface area contributed by atoms with E-state index in [1.54, 1.807) is 16.9 Å². The summed E-state index contributed by atoms with van der Waals surface area (Å²) in [6.07, 6.45) is 0. The van der Waals surface area contributed by atoms with Crippen LogP contribution in [0.15, 0.2) is 78.9 Å². The molecule has 31 heavy (non-hydrogen) atoms. The molecular weight excluding hydrogens is 386 g/mol. The van der Waals surface area contributed by atoms with Gasteiger partial charge in [-0.05, 0) is 48.5 Å². The van der Waals surface area contributed by atoms with E-state index in [0.717, 1.165) is 24.5 Å². The number of methoxy groups -OCH3 is 1. The highest BCUT2D eigenvalue weighted by molar-refractivity contribution is 6.04. The number of carbonyl (C=O) groups excluding carboxylic acids is 1. The summed E-state index contributed by atoms with van der Waals surface area (Å²) in [4.78, 5) is 15.7. The van der Waals surface area contributed by atoms with Crippen molar-refractivity contribution in [2.45, 2.75) is 13.1 Å². The Morgan fingerprint density at radius 2 is 1.29 bits per heavy atom. The summed E-state index contributed by atoms with van der Waals surface area (Å²) < 4.78 is 5.24. The summed E-state index contributed by atoms with van der Waals surface area (Å²) in [6, 6.07) is 26.0. The predicted molar refractivity (Wildman–Crippen MR) is 123 cm³/mol. The van der Waals surface area contributed by atoms with Crippen molar-refractivity contribution in [2.24, 2.45) is 0 Å². The zero-order valence-corrected chi connectivity index (χ0v) is 18.1. The lowest BCUT2D eigenvalue weighted by molar-refractivity contribution is -1.02. The second-order valence-corrected chi connectivity index (χ2v) is 8.22. The summed E-state index contributed by atoms with van der Waals surface area (Å²) in [6.45, 7) is 6.78. The minimum Gasteiger partial charge on any atom is -0.497 e. The number of rotatable bonds is 7. The van der Waals surface area contributed by atoms with Crippen LogP contribution in [0, 0.1) is 0 Å². The number of quaternary nitrogens is 2. The van der Waals surface area contributed by atoms with Crippen molar-refractivity contribution in [3.63, 3.8) is 0 Å². The highest BCUT2D eigenvalue weighted by atomic mass is 16.5. The quantitative estimate of drug-likeness (QED) is 0.545. The first kappa shape index (κ1) is 21.1. The molecule has 3 aromatic rings. The molecular formula is C26H31N3O2+2. The van der Waals surface area contributed by atoms with E-state index in [9.17, 15) is 4.79 Å². The van der Waals surface area contributed by atoms with Gasteiger partial charge in [0.25, 0.3) is 5.91 Å². The maximum atomic E-state index is 12.4. The van der Waals surface area contributed by atoms with Crippen LogP contribution in [0.2, 0.25) is 0 Å². The van der Waals surface area contributed by atoms with Gasteiger partial charge in [-0.25, -0.2) is 0 Å². The Morgan fingerprint density at radius 3 is 1.81 bits per heavy atom. The van der Waals surface area contributed by atoms with E-state index in [0.29, 0.717) is 5.56 Å². The Morgan fingerprint density at radius 1 is 0.774 bits per heavy atom. The molecule has 0 aromatic heterocycles. The van der Waals surface area contributed by atoms with Crippen LogP contribution in [-0.2, 0) is 13.1 Å². The standard InChI is InChI=1S/C26H29N3O2/c1-31-25-13-9-22(10-14-25)20-29-17-15-28(16-18-29)19-21-7-11-23(12-8-21)26(30)27-24-5-3-2-4-6-24/h2-14H,15-20H2,1H3,(H,27,30)/p+2. The third kappa shape index (κ3) is 5.94. The fourth-order valence-corrected chi connectivity index (χ4v) is 4.13. The van der Waals surface area contributed by atoms with E-state index < -0.39 is 0 Å². The molecule has 0 aliphatic carbocycles. The molecule has 3 N–H and O–H groups in total. The summed E-state index contributed by atoms with van der Waals surface area (Å²) in [7, 11) is 1.70. The zero-order chi connectivity index (χ0) is 21.5. The van der Waals surface area contributed by atoms with Gasteiger partial charge in [0.05, 0.1) is 7.11 Å². The Balaban J connectivity index is 1.24. The third-order valence-electron chi connectivity index (χ3n) is 5.98. The molecule has 1 heterocycles. The lowest BCUT2D eigenvalue weighted by Gasteiger charge is -2.29. The molecule has 5 nitrogen and oxygen atoms in total. The minimum atomic E-state index is -0.0687. The van der Waals surface area contributed by atoms with Gasteiger partial charge in [-0.15, -0.1) is 0 Å². The van der Waals surface area contributed by atoms with Crippen LogP contribution in [0.1, 0.15) is 21.5 Å². The van der Waals surface area contributed by atoms with Gasteiger partial charge in [-0.3, -0.25) is 4.79 Å². The fraction of sp³-hybridized carbons (Fsp3) is 0.269. The van der Waals surface area contributed by atoms with E-state index in [1.165, 1.54) is 37.3 Å². The summed E-state index contributed by atoms with van der Waals surface area (Å²) >= 11 is 0. The number of ether oxygens (including phenoxy) is 1. The lowest BCUT2D eigenvalue weighted by atomic mass is 10.1. The molecule has 0 bridgehead atoms. The van der Waals surface area contributed by atoms with Gasteiger partial charge >= 0.3 is 0 Å². The number of anilines is 1. The normalized spacial score (nSPS) is 18.4. The molecule has 1 saturated heterocycles. The minimum absolute atomic E-state index is 0.0687. The van der Waals surface area contributed by atoms with Crippen LogP contribution >= 0.6 is 0 Å². The van der Waals surface area contributed by atoms with Crippen molar-refractivity contribution in [1.29, 1.82) is 0 Å². The Bertz CT molecular complexity index is 964. The largest absolute Gasteiger partial charge is 0.497 e. The van der Waals surface area contributed by atoms with Crippen molar-refractivity contribution >= 4 is 11.6 Å². The van der Waals surface area contributed by atoms with Gasteiger partial charge in [0.1, 0.15) is 45.0 Å². The summed E-state index contributed by atoms with van der Waals surface area (Å²) in [5.41, 5.74) is 4.15. The van der Waals surface area contributed by atoms with Crippen molar-refractivity contribution in [1.82, 2.24) is 0 Å².